The Morgan fingerprint density at radius 3 is 2.25 bits per heavy atom. The standard InChI is InChI=1S/C17H14N2O5/c1-11-4-2-3-5-14(11)18-17(22)16(21)10-15(20)12-6-8-13(9-7-12)19(23)24/h2-9H,10H2,1H3,(H,18,22). The van der Waals surface area contributed by atoms with E-state index in [4.69, 9.17) is 0 Å². The maximum Gasteiger partial charge on any atom is 0.292 e. The number of carbonyl (C=O) groups excluding carboxylic acids is 3. The number of anilines is 1. The van der Waals surface area contributed by atoms with Gasteiger partial charge in [-0.15, -0.1) is 0 Å². The quantitative estimate of drug-likeness (QED) is 0.289. The Balaban J connectivity index is 2.00. The molecule has 2 rings (SSSR count). The first-order chi connectivity index (χ1) is 11.4. The third kappa shape index (κ3) is 4.10. The molecule has 0 bridgehead atoms. The number of Topliss-reactive ketones (excluding diaryl/α,β-unsaturated/α-hetero) is 2. The Hall–Kier alpha value is -3.35. The van der Waals surface area contributed by atoms with Gasteiger partial charge in [-0.05, 0) is 30.7 Å². The Bertz CT molecular complexity index is 812. The Kier molecular flexibility index (Phi) is 5.16. The third-order valence-corrected chi connectivity index (χ3v) is 3.37. The number of carbonyl (C=O) groups is 3. The summed E-state index contributed by atoms with van der Waals surface area (Å²) in [4.78, 5) is 45.7. The fourth-order valence-corrected chi connectivity index (χ4v) is 2.00. The molecule has 0 radical (unpaired) electrons. The summed E-state index contributed by atoms with van der Waals surface area (Å²) in [6.45, 7) is 1.78. The highest BCUT2D eigenvalue weighted by Gasteiger charge is 2.20. The van der Waals surface area contributed by atoms with Crippen molar-refractivity contribution in [1.29, 1.82) is 0 Å². The van der Waals surface area contributed by atoms with Crippen LogP contribution in [0.3, 0.4) is 0 Å². The highest BCUT2D eigenvalue weighted by molar-refractivity contribution is 6.44. The van der Waals surface area contributed by atoms with E-state index in [9.17, 15) is 24.5 Å². The Labute approximate surface area is 137 Å². The lowest BCUT2D eigenvalue weighted by Crippen LogP contribution is -2.25. The molecule has 2 aromatic carbocycles. The minimum absolute atomic E-state index is 0.137. The highest BCUT2D eigenvalue weighted by atomic mass is 16.6. The molecule has 0 unspecified atom stereocenters. The van der Waals surface area contributed by atoms with Gasteiger partial charge in [-0.2, -0.15) is 0 Å². The van der Waals surface area contributed by atoms with Gasteiger partial charge in [-0.25, -0.2) is 0 Å². The van der Waals surface area contributed by atoms with E-state index in [0.29, 0.717) is 5.69 Å². The van der Waals surface area contributed by atoms with E-state index in [-0.39, 0.29) is 11.3 Å². The van der Waals surface area contributed by atoms with Gasteiger partial charge in [0.05, 0.1) is 11.3 Å². The second kappa shape index (κ2) is 7.28. The van der Waals surface area contributed by atoms with Crippen LogP contribution in [0.15, 0.2) is 48.5 Å². The third-order valence-electron chi connectivity index (χ3n) is 3.37. The van der Waals surface area contributed by atoms with Crippen LogP contribution in [-0.4, -0.2) is 22.4 Å². The maximum atomic E-state index is 12.0. The summed E-state index contributed by atoms with van der Waals surface area (Å²) in [6.07, 6.45) is -0.602. The molecule has 1 N–H and O–H groups in total. The van der Waals surface area contributed by atoms with E-state index in [0.717, 1.165) is 5.56 Å². The predicted octanol–water partition coefficient (Wildman–Crippen LogP) is 2.68. The monoisotopic (exact) mass is 326 g/mol. The highest BCUT2D eigenvalue weighted by Crippen LogP contribution is 2.15. The second-order valence-corrected chi connectivity index (χ2v) is 5.10. The van der Waals surface area contributed by atoms with Crippen LogP contribution in [0.2, 0.25) is 0 Å². The first-order valence-electron chi connectivity index (χ1n) is 7.06. The fourth-order valence-electron chi connectivity index (χ4n) is 2.00. The fraction of sp³-hybridized carbons (Fsp3) is 0.118. The summed E-state index contributed by atoms with van der Waals surface area (Å²) in [7, 11) is 0. The van der Waals surface area contributed by atoms with Gasteiger partial charge in [0.25, 0.3) is 11.6 Å². The molecule has 7 heteroatoms. The number of benzene rings is 2. The summed E-state index contributed by atoms with van der Waals surface area (Å²) in [5, 5.41) is 13.0. The molecule has 0 aliphatic heterocycles. The summed E-state index contributed by atoms with van der Waals surface area (Å²) in [5.74, 6) is -2.32. The normalized spacial score (nSPS) is 10.0. The molecule has 0 saturated heterocycles. The molecule has 1 amide bonds. The number of nitrogens with one attached hydrogen (secondary N) is 1. The van der Waals surface area contributed by atoms with Crippen molar-refractivity contribution in [3.63, 3.8) is 0 Å². The predicted molar refractivity (Wildman–Crippen MR) is 86.9 cm³/mol. The van der Waals surface area contributed by atoms with Crippen molar-refractivity contribution < 1.29 is 19.3 Å². The van der Waals surface area contributed by atoms with E-state index >= 15 is 0 Å². The van der Waals surface area contributed by atoms with E-state index in [1.165, 1.54) is 24.3 Å². The van der Waals surface area contributed by atoms with Crippen LogP contribution in [0.5, 0.6) is 0 Å². The molecule has 2 aromatic rings. The van der Waals surface area contributed by atoms with Crippen LogP contribution in [0, 0.1) is 17.0 Å². The van der Waals surface area contributed by atoms with Gasteiger partial charge < -0.3 is 5.32 Å². The minimum atomic E-state index is -0.875. The largest absolute Gasteiger partial charge is 0.319 e. The summed E-state index contributed by atoms with van der Waals surface area (Å²) in [6, 6.07) is 11.8. The summed E-state index contributed by atoms with van der Waals surface area (Å²) >= 11 is 0. The van der Waals surface area contributed by atoms with Crippen LogP contribution in [-0.2, 0) is 9.59 Å². The smallest absolute Gasteiger partial charge is 0.292 e. The molecule has 0 spiro atoms. The average Bonchev–Trinajstić information content (AvgIpc) is 2.56. The first kappa shape index (κ1) is 17.0. The minimum Gasteiger partial charge on any atom is -0.319 e. The lowest BCUT2D eigenvalue weighted by Gasteiger charge is -2.07. The van der Waals surface area contributed by atoms with Gasteiger partial charge in [0.2, 0.25) is 5.78 Å². The van der Waals surface area contributed by atoms with Crippen LogP contribution in [0.4, 0.5) is 11.4 Å². The van der Waals surface area contributed by atoms with Gasteiger partial charge in [-0.3, -0.25) is 24.5 Å². The molecule has 0 aliphatic carbocycles. The van der Waals surface area contributed by atoms with Gasteiger partial charge in [0.1, 0.15) is 0 Å². The number of hydrogen-bond donors (Lipinski definition) is 1. The van der Waals surface area contributed by atoms with E-state index < -0.39 is 28.8 Å². The molecule has 7 nitrogen and oxygen atoms in total. The van der Waals surface area contributed by atoms with Gasteiger partial charge in [0, 0.05) is 23.4 Å². The summed E-state index contributed by atoms with van der Waals surface area (Å²) < 4.78 is 0. The van der Waals surface area contributed by atoms with Crippen molar-refractivity contribution in [1.82, 2.24) is 0 Å². The molecular formula is C17H14N2O5. The number of hydrogen-bond acceptors (Lipinski definition) is 5. The van der Waals surface area contributed by atoms with Crippen LogP contribution >= 0.6 is 0 Å². The number of amides is 1. The molecule has 0 fully saturated rings. The number of ketones is 2. The van der Waals surface area contributed by atoms with Crippen molar-refractivity contribution >= 4 is 28.8 Å². The van der Waals surface area contributed by atoms with Crippen molar-refractivity contribution in [3.05, 3.63) is 69.8 Å². The maximum absolute atomic E-state index is 12.0. The topological polar surface area (TPSA) is 106 Å². The second-order valence-electron chi connectivity index (χ2n) is 5.10. The van der Waals surface area contributed by atoms with E-state index in [1.807, 2.05) is 0 Å². The lowest BCUT2D eigenvalue weighted by molar-refractivity contribution is -0.384. The van der Waals surface area contributed by atoms with Crippen LogP contribution < -0.4 is 5.32 Å². The molecular weight excluding hydrogens is 312 g/mol. The van der Waals surface area contributed by atoms with Gasteiger partial charge in [-0.1, -0.05) is 18.2 Å². The van der Waals surface area contributed by atoms with Crippen LogP contribution in [0.1, 0.15) is 22.3 Å². The number of nitro groups is 1. The number of non-ortho nitro benzene ring substituents is 1. The van der Waals surface area contributed by atoms with Gasteiger partial charge in [0.15, 0.2) is 5.78 Å². The van der Waals surface area contributed by atoms with E-state index in [2.05, 4.69) is 5.32 Å². The zero-order valence-electron chi connectivity index (χ0n) is 12.8. The Morgan fingerprint density at radius 2 is 1.67 bits per heavy atom. The SMILES string of the molecule is Cc1ccccc1NC(=O)C(=O)CC(=O)c1ccc([N+](=O)[O-])cc1. The van der Waals surface area contributed by atoms with Crippen molar-refractivity contribution in [2.45, 2.75) is 13.3 Å². The zero-order chi connectivity index (χ0) is 17.7. The molecule has 0 heterocycles. The van der Waals surface area contributed by atoms with Gasteiger partial charge >= 0.3 is 0 Å². The van der Waals surface area contributed by atoms with Crippen molar-refractivity contribution in [3.8, 4) is 0 Å². The lowest BCUT2D eigenvalue weighted by atomic mass is 10.1. The van der Waals surface area contributed by atoms with Crippen LogP contribution in [0.25, 0.3) is 0 Å². The number of nitro benzene ring substituents is 1. The number of rotatable bonds is 6. The molecule has 0 aromatic heterocycles. The number of para-hydroxylation sites is 1. The Morgan fingerprint density at radius 1 is 1.04 bits per heavy atom. The molecule has 0 aliphatic rings. The molecule has 24 heavy (non-hydrogen) atoms. The van der Waals surface area contributed by atoms with Crippen molar-refractivity contribution in [2.24, 2.45) is 0 Å². The van der Waals surface area contributed by atoms with E-state index in [1.54, 1.807) is 31.2 Å². The zero-order valence-corrected chi connectivity index (χ0v) is 12.8. The molecule has 0 atom stereocenters. The summed E-state index contributed by atoms with van der Waals surface area (Å²) in [5.41, 5.74) is 1.27. The first-order valence-corrected chi connectivity index (χ1v) is 7.06. The van der Waals surface area contributed by atoms with Crippen molar-refractivity contribution in [2.75, 3.05) is 5.32 Å². The average molecular weight is 326 g/mol. The number of aryl methyl sites for hydroxylation is 1. The molecule has 122 valence electrons. The number of nitrogens with zero attached hydrogens (tertiary/aromatic N) is 1. The molecule has 0 saturated carbocycles.